The SMILES string of the molecule is CC(C)(Oc1ccccc1Cl)C(=O)N1CCC(c2nc(C(=O)NC3CCN(Cc4ccccc4)C3)cs2)CC1. The Bertz CT molecular complexity index is 1290. The number of hydrogen-bond acceptors (Lipinski definition) is 6. The highest BCUT2D eigenvalue weighted by atomic mass is 35.5. The van der Waals surface area contributed by atoms with Crippen molar-refractivity contribution < 1.29 is 14.3 Å². The van der Waals surface area contributed by atoms with Crippen LogP contribution in [0.25, 0.3) is 0 Å². The van der Waals surface area contributed by atoms with Crippen molar-refractivity contribution in [3.05, 3.63) is 81.3 Å². The molecular formula is C30H35ClN4O3S. The van der Waals surface area contributed by atoms with E-state index in [0.29, 0.717) is 29.6 Å². The van der Waals surface area contributed by atoms with Gasteiger partial charge in [0.2, 0.25) is 0 Å². The van der Waals surface area contributed by atoms with Crippen LogP contribution in [0.5, 0.6) is 5.75 Å². The average Bonchev–Trinajstić information content (AvgIpc) is 3.60. The third-order valence-corrected chi connectivity index (χ3v) is 8.78. The Labute approximate surface area is 239 Å². The predicted octanol–water partition coefficient (Wildman–Crippen LogP) is 5.36. The van der Waals surface area contributed by atoms with Crippen molar-refractivity contribution in [3.63, 3.8) is 0 Å². The molecule has 2 fully saturated rings. The molecule has 3 aromatic rings. The number of ether oxygens (including phenoxy) is 1. The molecule has 1 N–H and O–H groups in total. The van der Waals surface area contributed by atoms with Crippen LogP contribution in [-0.4, -0.2) is 64.4 Å². The maximum absolute atomic E-state index is 13.3. The highest BCUT2D eigenvalue weighted by molar-refractivity contribution is 7.09. The molecule has 2 aromatic carbocycles. The molecule has 206 valence electrons. The van der Waals surface area contributed by atoms with E-state index in [1.165, 1.54) is 16.9 Å². The zero-order chi connectivity index (χ0) is 27.4. The summed E-state index contributed by atoms with van der Waals surface area (Å²) in [5.41, 5.74) is 0.753. The van der Waals surface area contributed by atoms with Gasteiger partial charge in [0.05, 0.1) is 10.0 Å². The standard InChI is InChI=1S/C30H35ClN4O3S/c1-30(2,38-26-11-7-6-10-24(26)31)29(37)35-16-12-22(13-17-35)28-33-25(20-39-28)27(36)32-23-14-15-34(19-23)18-21-8-4-3-5-9-21/h3-11,20,22-23H,12-19H2,1-2H3,(H,32,36). The molecule has 0 spiro atoms. The number of piperidine rings is 1. The van der Waals surface area contributed by atoms with Crippen molar-refractivity contribution in [3.8, 4) is 5.75 Å². The molecule has 9 heteroatoms. The first-order valence-corrected chi connectivity index (χ1v) is 14.8. The first-order chi connectivity index (χ1) is 18.8. The fraction of sp³-hybridized carbons (Fsp3) is 0.433. The molecule has 0 aliphatic carbocycles. The molecule has 2 aliphatic heterocycles. The number of likely N-dealkylation sites (tertiary alicyclic amines) is 2. The number of halogens is 1. The summed E-state index contributed by atoms with van der Waals surface area (Å²) >= 11 is 7.77. The number of amides is 2. The van der Waals surface area contributed by atoms with Crippen molar-refractivity contribution in [2.24, 2.45) is 0 Å². The summed E-state index contributed by atoms with van der Waals surface area (Å²) < 4.78 is 6.00. The molecule has 0 radical (unpaired) electrons. The van der Waals surface area contributed by atoms with Crippen LogP contribution >= 0.6 is 22.9 Å². The van der Waals surface area contributed by atoms with Gasteiger partial charge in [-0.2, -0.15) is 0 Å². The monoisotopic (exact) mass is 566 g/mol. The van der Waals surface area contributed by atoms with E-state index in [-0.39, 0.29) is 23.8 Å². The molecule has 0 bridgehead atoms. The number of nitrogens with zero attached hydrogens (tertiary/aromatic N) is 3. The van der Waals surface area contributed by atoms with Gasteiger partial charge in [-0.3, -0.25) is 14.5 Å². The van der Waals surface area contributed by atoms with Crippen molar-refractivity contribution in [1.29, 1.82) is 0 Å². The lowest BCUT2D eigenvalue weighted by atomic mass is 9.96. The van der Waals surface area contributed by atoms with Gasteiger partial charge in [0.15, 0.2) is 5.60 Å². The van der Waals surface area contributed by atoms with Crippen LogP contribution < -0.4 is 10.1 Å². The number of hydrogen-bond donors (Lipinski definition) is 1. The fourth-order valence-corrected chi connectivity index (χ4v) is 6.48. The zero-order valence-corrected chi connectivity index (χ0v) is 24.0. The number of para-hydroxylation sites is 1. The molecule has 39 heavy (non-hydrogen) atoms. The summed E-state index contributed by atoms with van der Waals surface area (Å²) in [7, 11) is 0. The Balaban J connectivity index is 1.10. The molecule has 2 aliphatic rings. The third-order valence-electron chi connectivity index (χ3n) is 7.46. The first kappa shape index (κ1) is 27.6. The molecule has 1 aromatic heterocycles. The summed E-state index contributed by atoms with van der Waals surface area (Å²) in [5, 5.41) is 6.49. The second kappa shape index (κ2) is 12.1. The molecule has 2 saturated heterocycles. The third kappa shape index (κ3) is 6.80. The first-order valence-electron chi connectivity index (χ1n) is 13.5. The van der Waals surface area contributed by atoms with E-state index in [1.807, 2.05) is 28.5 Å². The summed E-state index contributed by atoms with van der Waals surface area (Å²) in [4.78, 5) is 35.1. The van der Waals surface area contributed by atoms with Crippen molar-refractivity contribution in [1.82, 2.24) is 20.1 Å². The van der Waals surface area contributed by atoms with Crippen LogP contribution in [0.3, 0.4) is 0 Å². The topological polar surface area (TPSA) is 74.8 Å². The summed E-state index contributed by atoms with van der Waals surface area (Å²) in [5.74, 6) is 0.580. The lowest BCUT2D eigenvalue weighted by Crippen LogP contribution is -2.51. The van der Waals surface area contributed by atoms with E-state index >= 15 is 0 Å². The van der Waals surface area contributed by atoms with Crippen LogP contribution in [0.1, 0.15) is 60.1 Å². The van der Waals surface area contributed by atoms with Gasteiger partial charge >= 0.3 is 0 Å². The second-order valence-corrected chi connectivity index (χ2v) is 12.2. The molecule has 0 saturated carbocycles. The van der Waals surface area contributed by atoms with E-state index in [9.17, 15) is 9.59 Å². The van der Waals surface area contributed by atoms with Gasteiger partial charge in [0.25, 0.3) is 11.8 Å². The zero-order valence-electron chi connectivity index (χ0n) is 22.4. The molecule has 7 nitrogen and oxygen atoms in total. The van der Waals surface area contributed by atoms with Crippen LogP contribution in [0.2, 0.25) is 5.02 Å². The van der Waals surface area contributed by atoms with Gasteiger partial charge in [-0.05, 0) is 50.8 Å². The van der Waals surface area contributed by atoms with E-state index < -0.39 is 5.60 Å². The summed E-state index contributed by atoms with van der Waals surface area (Å²) in [6.45, 7) is 7.53. The average molecular weight is 567 g/mol. The van der Waals surface area contributed by atoms with Gasteiger partial charge < -0.3 is 15.0 Å². The Morgan fingerprint density at radius 1 is 1.05 bits per heavy atom. The van der Waals surface area contributed by atoms with Gasteiger partial charge in [0, 0.05) is 50.1 Å². The highest BCUT2D eigenvalue weighted by Gasteiger charge is 2.37. The van der Waals surface area contributed by atoms with Gasteiger partial charge in [-0.15, -0.1) is 11.3 Å². The fourth-order valence-electron chi connectivity index (χ4n) is 5.33. The Morgan fingerprint density at radius 3 is 2.51 bits per heavy atom. The minimum atomic E-state index is -1.03. The minimum absolute atomic E-state index is 0.0575. The van der Waals surface area contributed by atoms with Crippen LogP contribution in [0.4, 0.5) is 0 Å². The summed E-state index contributed by atoms with van der Waals surface area (Å²) in [6, 6.07) is 17.7. The lowest BCUT2D eigenvalue weighted by Gasteiger charge is -2.36. The molecule has 3 heterocycles. The van der Waals surface area contributed by atoms with Crippen LogP contribution in [-0.2, 0) is 11.3 Å². The van der Waals surface area contributed by atoms with Crippen molar-refractivity contribution in [2.75, 3.05) is 26.2 Å². The smallest absolute Gasteiger partial charge is 0.271 e. The van der Waals surface area contributed by atoms with Crippen LogP contribution in [0.15, 0.2) is 60.0 Å². The number of thiazole rings is 1. The lowest BCUT2D eigenvalue weighted by molar-refractivity contribution is -0.146. The number of benzene rings is 2. The quantitative estimate of drug-likeness (QED) is 0.397. The number of carbonyl (C=O) groups excluding carboxylic acids is 2. The van der Waals surface area contributed by atoms with Crippen LogP contribution in [0, 0.1) is 0 Å². The Kier molecular flexibility index (Phi) is 8.54. The van der Waals surface area contributed by atoms with Gasteiger partial charge in [-0.1, -0.05) is 54.1 Å². The molecular weight excluding hydrogens is 532 g/mol. The Morgan fingerprint density at radius 2 is 1.77 bits per heavy atom. The van der Waals surface area contributed by atoms with Gasteiger partial charge in [0.1, 0.15) is 11.4 Å². The van der Waals surface area contributed by atoms with E-state index in [1.54, 1.807) is 26.0 Å². The van der Waals surface area contributed by atoms with E-state index in [2.05, 4.69) is 34.5 Å². The highest BCUT2D eigenvalue weighted by Crippen LogP contribution is 2.33. The van der Waals surface area contributed by atoms with Crippen molar-refractivity contribution in [2.45, 2.75) is 57.2 Å². The number of aromatic nitrogens is 1. The Hall–Kier alpha value is -2.94. The van der Waals surface area contributed by atoms with E-state index in [4.69, 9.17) is 21.3 Å². The largest absolute Gasteiger partial charge is 0.476 e. The summed E-state index contributed by atoms with van der Waals surface area (Å²) in [6.07, 6.45) is 2.55. The predicted molar refractivity (Wildman–Crippen MR) is 154 cm³/mol. The molecule has 1 unspecified atom stereocenters. The van der Waals surface area contributed by atoms with Crippen molar-refractivity contribution >= 4 is 34.8 Å². The maximum Gasteiger partial charge on any atom is 0.271 e. The molecule has 2 amide bonds. The number of carbonyl (C=O) groups is 2. The number of nitrogens with one attached hydrogen (secondary N) is 1. The normalized spacial score (nSPS) is 18.7. The molecule has 1 atom stereocenters. The molecule has 5 rings (SSSR count). The van der Waals surface area contributed by atoms with E-state index in [0.717, 1.165) is 43.9 Å². The maximum atomic E-state index is 13.3. The number of rotatable bonds is 8. The minimum Gasteiger partial charge on any atom is -0.476 e. The second-order valence-electron chi connectivity index (χ2n) is 10.9. The van der Waals surface area contributed by atoms with Gasteiger partial charge in [-0.25, -0.2) is 4.98 Å².